The average molecular weight is 418 g/mol. The van der Waals surface area contributed by atoms with Crippen LogP contribution >= 0.6 is 0 Å². The number of aromatic nitrogens is 4. The van der Waals surface area contributed by atoms with Crippen molar-refractivity contribution in [3.63, 3.8) is 0 Å². The standard InChI is InChI=1S/C23H23FN6O/c1-4-29(5-2)23(31)27-16-9-10-18(24)17(13-16)19-11-12-30-21(14-25-22(30)28-19)20-8-6-7-15(3)26-20/h6-14H,4-5H2,1-3H3,(H,27,31). The molecule has 0 unspecified atom stereocenters. The van der Waals surface area contributed by atoms with Gasteiger partial charge in [-0.15, -0.1) is 0 Å². The van der Waals surface area contributed by atoms with Gasteiger partial charge in [-0.1, -0.05) is 6.07 Å². The number of fused-ring (bicyclic) bond motifs is 1. The zero-order valence-corrected chi connectivity index (χ0v) is 17.6. The summed E-state index contributed by atoms with van der Waals surface area (Å²) in [5.74, 6) is 0.0117. The Morgan fingerprint density at radius 1 is 1.10 bits per heavy atom. The molecule has 0 aliphatic carbocycles. The summed E-state index contributed by atoms with van der Waals surface area (Å²) in [6.45, 7) is 6.92. The van der Waals surface area contributed by atoms with E-state index in [1.807, 2.05) is 43.4 Å². The quantitative estimate of drug-likeness (QED) is 0.506. The normalized spacial score (nSPS) is 11.0. The van der Waals surface area contributed by atoms with Crippen LogP contribution in [0.5, 0.6) is 0 Å². The Hall–Kier alpha value is -3.81. The van der Waals surface area contributed by atoms with Crippen molar-refractivity contribution in [2.24, 2.45) is 0 Å². The number of nitrogens with one attached hydrogen (secondary N) is 1. The van der Waals surface area contributed by atoms with E-state index in [4.69, 9.17) is 0 Å². The fourth-order valence-electron chi connectivity index (χ4n) is 3.41. The number of urea groups is 1. The zero-order valence-electron chi connectivity index (χ0n) is 17.6. The summed E-state index contributed by atoms with van der Waals surface area (Å²) in [6.07, 6.45) is 3.50. The average Bonchev–Trinajstić information content (AvgIpc) is 3.19. The SMILES string of the molecule is CCN(CC)C(=O)Nc1ccc(F)c(-c2ccn3c(-c4cccc(C)n4)cnc3n2)c1. The van der Waals surface area contributed by atoms with E-state index in [-0.39, 0.29) is 11.6 Å². The molecule has 7 nitrogen and oxygen atoms in total. The van der Waals surface area contributed by atoms with Gasteiger partial charge >= 0.3 is 6.03 Å². The van der Waals surface area contributed by atoms with Gasteiger partial charge in [-0.25, -0.2) is 19.2 Å². The molecule has 3 aromatic heterocycles. The highest BCUT2D eigenvalue weighted by molar-refractivity contribution is 5.90. The number of amides is 2. The molecule has 0 bridgehead atoms. The van der Waals surface area contributed by atoms with Crippen LogP contribution in [0, 0.1) is 12.7 Å². The van der Waals surface area contributed by atoms with E-state index in [0.29, 0.717) is 30.2 Å². The topological polar surface area (TPSA) is 75.4 Å². The Balaban J connectivity index is 1.68. The highest BCUT2D eigenvalue weighted by Crippen LogP contribution is 2.26. The Bertz CT molecular complexity index is 1250. The van der Waals surface area contributed by atoms with Gasteiger partial charge in [0.25, 0.3) is 0 Å². The van der Waals surface area contributed by atoms with Crippen molar-refractivity contribution in [1.82, 2.24) is 24.3 Å². The number of rotatable bonds is 5. The van der Waals surface area contributed by atoms with Crippen molar-refractivity contribution in [2.75, 3.05) is 18.4 Å². The summed E-state index contributed by atoms with van der Waals surface area (Å²) >= 11 is 0. The molecule has 8 heteroatoms. The highest BCUT2D eigenvalue weighted by atomic mass is 19.1. The molecule has 31 heavy (non-hydrogen) atoms. The fraction of sp³-hybridized carbons (Fsp3) is 0.217. The molecule has 0 atom stereocenters. The van der Waals surface area contributed by atoms with Crippen molar-refractivity contribution in [3.05, 3.63) is 66.4 Å². The van der Waals surface area contributed by atoms with E-state index in [1.54, 1.807) is 29.4 Å². The summed E-state index contributed by atoms with van der Waals surface area (Å²) in [4.78, 5) is 27.4. The van der Waals surface area contributed by atoms with Gasteiger partial charge in [0, 0.05) is 36.2 Å². The molecule has 0 fully saturated rings. The lowest BCUT2D eigenvalue weighted by atomic mass is 10.1. The predicted octanol–water partition coefficient (Wildman–Crippen LogP) is 4.78. The van der Waals surface area contributed by atoms with Crippen molar-refractivity contribution >= 4 is 17.5 Å². The maximum absolute atomic E-state index is 14.6. The first-order valence-electron chi connectivity index (χ1n) is 10.1. The molecule has 158 valence electrons. The second-order valence-corrected chi connectivity index (χ2v) is 7.09. The number of imidazole rings is 1. The van der Waals surface area contributed by atoms with E-state index < -0.39 is 5.82 Å². The smallest absolute Gasteiger partial charge is 0.321 e. The second kappa shape index (κ2) is 8.51. The van der Waals surface area contributed by atoms with Gasteiger partial charge in [-0.05, 0) is 57.2 Å². The molecule has 2 amide bonds. The highest BCUT2D eigenvalue weighted by Gasteiger charge is 2.14. The van der Waals surface area contributed by atoms with Gasteiger partial charge in [0.2, 0.25) is 5.78 Å². The van der Waals surface area contributed by atoms with Gasteiger partial charge in [-0.3, -0.25) is 9.38 Å². The molecule has 0 saturated heterocycles. The van der Waals surface area contributed by atoms with Crippen LogP contribution in [0.15, 0.2) is 54.9 Å². The number of carbonyl (C=O) groups excluding carboxylic acids is 1. The van der Waals surface area contributed by atoms with Gasteiger partial charge in [0.05, 0.1) is 23.3 Å². The summed E-state index contributed by atoms with van der Waals surface area (Å²) in [7, 11) is 0. The number of pyridine rings is 1. The molecule has 0 saturated carbocycles. The molecule has 0 radical (unpaired) electrons. The van der Waals surface area contributed by atoms with E-state index in [9.17, 15) is 9.18 Å². The molecule has 1 aromatic carbocycles. The summed E-state index contributed by atoms with van der Waals surface area (Å²) in [5.41, 5.74) is 3.72. The lowest BCUT2D eigenvalue weighted by Crippen LogP contribution is -2.34. The van der Waals surface area contributed by atoms with Gasteiger partial charge in [0.15, 0.2) is 0 Å². The number of aryl methyl sites for hydroxylation is 1. The van der Waals surface area contributed by atoms with Crippen LogP contribution in [0.3, 0.4) is 0 Å². The molecule has 4 rings (SSSR count). The maximum atomic E-state index is 14.6. The van der Waals surface area contributed by atoms with Crippen molar-refractivity contribution in [3.8, 4) is 22.6 Å². The van der Waals surface area contributed by atoms with Crippen LogP contribution in [0.1, 0.15) is 19.5 Å². The number of halogens is 1. The zero-order chi connectivity index (χ0) is 22.0. The van der Waals surface area contributed by atoms with E-state index in [0.717, 1.165) is 17.1 Å². The molecular formula is C23H23FN6O. The van der Waals surface area contributed by atoms with Gasteiger partial charge in [-0.2, -0.15) is 0 Å². The van der Waals surface area contributed by atoms with Crippen LogP contribution in [-0.4, -0.2) is 43.4 Å². The number of hydrogen-bond acceptors (Lipinski definition) is 4. The van der Waals surface area contributed by atoms with Gasteiger partial charge < -0.3 is 10.2 Å². The Morgan fingerprint density at radius 3 is 2.65 bits per heavy atom. The third-order valence-corrected chi connectivity index (χ3v) is 5.07. The minimum absolute atomic E-state index is 0.227. The molecule has 1 N–H and O–H groups in total. The number of hydrogen-bond donors (Lipinski definition) is 1. The Labute approximate surface area is 179 Å². The minimum Gasteiger partial charge on any atom is -0.325 e. The minimum atomic E-state index is -0.426. The second-order valence-electron chi connectivity index (χ2n) is 7.09. The monoisotopic (exact) mass is 418 g/mol. The summed E-state index contributed by atoms with van der Waals surface area (Å²) in [6, 6.07) is 11.7. The first-order valence-corrected chi connectivity index (χ1v) is 10.1. The third kappa shape index (κ3) is 4.09. The molecule has 0 aliphatic heterocycles. The fourth-order valence-corrected chi connectivity index (χ4v) is 3.41. The van der Waals surface area contributed by atoms with Crippen molar-refractivity contribution in [2.45, 2.75) is 20.8 Å². The van der Waals surface area contributed by atoms with Crippen molar-refractivity contribution < 1.29 is 9.18 Å². The third-order valence-electron chi connectivity index (χ3n) is 5.07. The van der Waals surface area contributed by atoms with E-state index in [1.165, 1.54) is 12.1 Å². The lowest BCUT2D eigenvalue weighted by Gasteiger charge is -2.19. The van der Waals surface area contributed by atoms with E-state index >= 15 is 0 Å². The largest absolute Gasteiger partial charge is 0.325 e. The van der Waals surface area contributed by atoms with Gasteiger partial charge in [0.1, 0.15) is 5.82 Å². The molecule has 0 spiro atoms. The maximum Gasteiger partial charge on any atom is 0.321 e. The van der Waals surface area contributed by atoms with Crippen LogP contribution < -0.4 is 5.32 Å². The van der Waals surface area contributed by atoms with Crippen LogP contribution in [0.4, 0.5) is 14.9 Å². The predicted molar refractivity (Wildman–Crippen MR) is 118 cm³/mol. The summed E-state index contributed by atoms with van der Waals surface area (Å²) < 4.78 is 16.4. The Morgan fingerprint density at radius 2 is 1.90 bits per heavy atom. The number of carbonyl (C=O) groups is 1. The van der Waals surface area contributed by atoms with E-state index in [2.05, 4.69) is 20.3 Å². The molecule has 4 aromatic rings. The first-order chi connectivity index (χ1) is 15.0. The Kier molecular flexibility index (Phi) is 5.62. The molecule has 0 aliphatic rings. The summed E-state index contributed by atoms with van der Waals surface area (Å²) in [5, 5.41) is 2.81. The lowest BCUT2D eigenvalue weighted by molar-refractivity contribution is 0.217. The van der Waals surface area contributed by atoms with Crippen LogP contribution in [0.2, 0.25) is 0 Å². The van der Waals surface area contributed by atoms with Crippen molar-refractivity contribution in [1.29, 1.82) is 0 Å². The number of nitrogens with zero attached hydrogens (tertiary/aromatic N) is 5. The molecule has 3 heterocycles. The van der Waals surface area contributed by atoms with Crippen LogP contribution in [0.25, 0.3) is 28.4 Å². The van der Waals surface area contributed by atoms with Crippen LogP contribution in [-0.2, 0) is 0 Å². The number of benzene rings is 1. The number of anilines is 1. The molecular weight excluding hydrogens is 395 g/mol. The first kappa shape index (κ1) is 20.5.